The molecule has 0 unspecified atom stereocenters. The molecule has 5 heteroatoms. The molecule has 0 saturated carbocycles. The SMILES string of the molecule is CC(C)=CCC/C(C)=C/CC[C@]1(C)C=Cc2c(cc(C)c(C(=O)OCC[Si](C)(C)C)c2O)O1. The number of rotatable bonds is 10. The van der Waals surface area contributed by atoms with Crippen molar-refractivity contribution >= 4 is 20.1 Å². The fraction of sp³-hybridized carbons (Fsp3) is 0.536. The third-order valence-electron chi connectivity index (χ3n) is 5.96. The zero-order valence-electron chi connectivity index (χ0n) is 21.8. The zero-order chi connectivity index (χ0) is 24.8. The summed E-state index contributed by atoms with van der Waals surface area (Å²) in [7, 11) is -1.30. The van der Waals surface area contributed by atoms with Gasteiger partial charge >= 0.3 is 5.97 Å². The first kappa shape index (κ1) is 27.0. The predicted molar refractivity (Wildman–Crippen MR) is 141 cm³/mol. The van der Waals surface area contributed by atoms with Gasteiger partial charge in [0.2, 0.25) is 0 Å². The number of phenols is 1. The van der Waals surface area contributed by atoms with E-state index in [2.05, 4.69) is 59.5 Å². The van der Waals surface area contributed by atoms with Gasteiger partial charge in [-0.2, -0.15) is 0 Å². The fourth-order valence-electron chi connectivity index (χ4n) is 3.78. The van der Waals surface area contributed by atoms with Crippen molar-refractivity contribution in [2.45, 2.75) is 91.6 Å². The molecule has 0 aliphatic carbocycles. The Bertz CT molecular complexity index is 946. The largest absolute Gasteiger partial charge is 0.506 e. The first-order chi connectivity index (χ1) is 15.3. The number of hydrogen-bond acceptors (Lipinski definition) is 4. The first-order valence-corrected chi connectivity index (χ1v) is 15.7. The van der Waals surface area contributed by atoms with Crippen LogP contribution in [0.2, 0.25) is 25.7 Å². The maximum Gasteiger partial charge on any atom is 0.342 e. The minimum absolute atomic E-state index is 0.0590. The summed E-state index contributed by atoms with van der Waals surface area (Å²) in [5.41, 5.74) is 3.73. The molecule has 0 radical (unpaired) electrons. The standard InChI is InChI=1S/C28H42O4Si/c1-20(2)11-9-12-21(3)13-10-15-28(5)16-14-23-24(32-28)19-22(4)25(26(23)29)27(30)31-17-18-33(6,7)8/h11,13-14,16,19,29H,9-10,12,15,17-18H2,1-8H3/b21-13+/t28-/m1/s1. The van der Waals surface area contributed by atoms with E-state index in [1.54, 1.807) is 0 Å². The van der Waals surface area contributed by atoms with Crippen LogP contribution in [0.4, 0.5) is 0 Å². The first-order valence-electron chi connectivity index (χ1n) is 12.0. The molecule has 0 spiro atoms. The average molecular weight is 471 g/mol. The molecular weight excluding hydrogens is 428 g/mol. The van der Waals surface area contributed by atoms with E-state index in [-0.39, 0.29) is 11.3 Å². The summed E-state index contributed by atoms with van der Waals surface area (Å²) in [6, 6.07) is 2.74. The normalized spacial score (nSPS) is 17.9. The van der Waals surface area contributed by atoms with Crippen molar-refractivity contribution in [2.75, 3.05) is 6.61 Å². The summed E-state index contributed by atoms with van der Waals surface area (Å²) in [6.07, 6.45) is 12.3. The summed E-state index contributed by atoms with van der Waals surface area (Å²) >= 11 is 0. The molecular formula is C28H42O4Si. The van der Waals surface area contributed by atoms with Gasteiger partial charge in [0, 0.05) is 8.07 Å². The zero-order valence-corrected chi connectivity index (χ0v) is 22.8. The van der Waals surface area contributed by atoms with Gasteiger partial charge in [0.05, 0.1) is 12.2 Å². The Balaban J connectivity index is 2.07. The van der Waals surface area contributed by atoms with Crippen molar-refractivity contribution < 1.29 is 19.4 Å². The predicted octanol–water partition coefficient (Wildman–Crippen LogP) is 7.83. The second kappa shape index (κ2) is 11.2. The summed E-state index contributed by atoms with van der Waals surface area (Å²) in [5.74, 6) is 0.0794. The quantitative estimate of drug-likeness (QED) is 0.215. The van der Waals surface area contributed by atoms with Crippen molar-refractivity contribution in [2.24, 2.45) is 0 Å². The fourth-order valence-corrected chi connectivity index (χ4v) is 4.50. The second-order valence-electron chi connectivity index (χ2n) is 10.9. The van der Waals surface area contributed by atoms with E-state index in [1.165, 1.54) is 11.1 Å². The van der Waals surface area contributed by atoms with Gasteiger partial charge < -0.3 is 14.6 Å². The number of carbonyl (C=O) groups is 1. The van der Waals surface area contributed by atoms with Crippen molar-refractivity contribution in [3.63, 3.8) is 0 Å². The lowest BCUT2D eigenvalue weighted by atomic mass is 9.92. The lowest BCUT2D eigenvalue weighted by Crippen LogP contribution is -2.32. The molecule has 4 nitrogen and oxygen atoms in total. The molecule has 1 aromatic rings. The van der Waals surface area contributed by atoms with Crippen LogP contribution in [0.25, 0.3) is 6.08 Å². The second-order valence-corrected chi connectivity index (χ2v) is 16.6. The Kier molecular flexibility index (Phi) is 9.18. The molecule has 1 atom stereocenters. The van der Waals surface area contributed by atoms with Crippen LogP contribution in [0.3, 0.4) is 0 Å². The van der Waals surface area contributed by atoms with Gasteiger partial charge in [0.15, 0.2) is 0 Å². The van der Waals surface area contributed by atoms with Gasteiger partial charge in [-0.15, -0.1) is 0 Å². The molecule has 0 bridgehead atoms. The molecule has 1 aliphatic rings. The summed E-state index contributed by atoms with van der Waals surface area (Å²) in [4.78, 5) is 12.7. The number of phenolic OH excluding ortho intramolecular Hbond substituents is 1. The molecule has 1 aliphatic heterocycles. The van der Waals surface area contributed by atoms with Crippen LogP contribution in [0.15, 0.2) is 35.4 Å². The topological polar surface area (TPSA) is 55.8 Å². The summed E-state index contributed by atoms with van der Waals surface area (Å²) in [6.45, 7) is 17.4. The van der Waals surface area contributed by atoms with E-state index >= 15 is 0 Å². The number of esters is 1. The number of carbonyl (C=O) groups excluding carboxylic acids is 1. The lowest BCUT2D eigenvalue weighted by Gasteiger charge is -2.32. The highest BCUT2D eigenvalue weighted by Crippen LogP contribution is 2.41. The van der Waals surface area contributed by atoms with Crippen molar-refractivity contribution in [3.05, 3.63) is 52.1 Å². The lowest BCUT2D eigenvalue weighted by molar-refractivity contribution is 0.0520. The Hall–Kier alpha value is -2.27. The van der Waals surface area contributed by atoms with Crippen LogP contribution in [0, 0.1) is 6.92 Å². The number of ether oxygens (including phenoxy) is 2. The highest BCUT2D eigenvalue weighted by Gasteiger charge is 2.31. The van der Waals surface area contributed by atoms with Crippen LogP contribution in [-0.4, -0.2) is 31.4 Å². The third-order valence-corrected chi connectivity index (χ3v) is 7.66. The van der Waals surface area contributed by atoms with E-state index in [4.69, 9.17) is 9.47 Å². The molecule has 1 heterocycles. The van der Waals surface area contributed by atoms with Gasteiger partial charge in [-0.05, 0) is 90.1 Å². The maximum atomic E-state index is 12.7. The number of benzene rings is 1. The maximum absolute atomic E-state index is 12.7. The molecule has 0 aromatic heterocycles. The van der Waals surface area contributed by atoms with Crippen LogP contribution < -0.4 is 4.74 Å². The van der Waals surface area contributed by atoms with E-state index in [9.17, 15) is 9.90 Å². The molecule has 1 aromatic carbocycles. The molecule has 33 heavy (non-hydrogen) atoms. The molecule has 182 valence electrons. The van der Waals surface area contributed by atoms with E-state index < -0.39 is 19.6 Å². The van der Waals surface area contributed by atoms with Crippen molar-refractivity contribution in [1.82, 2.24) is 0 Å². The highest BCUT2D eigenvalue weighted by atomic mass is 28.3. The van der Waals surface area contributed by atoms with Crippen LogP contribution >= 0.6 is 0 Å². The highest BCUT2D eigenvalue weighted by molar-refractivity contribution is 6.76. The van der Waals surface area contributed by atoms with Gasteiger partial charge in [0.25, 0.3) is 0 Å². The summed E-state index contributed by atoms with van der Waals surface area (Å²) < 4.78 is 11.8. The minimum Gasteiger partial charge on any atom is -0.506 e. The minimum atomic E-state index is -1.30. The average Bonchev–Trinajstić information content (AvgIpc) is 2.66. The molecule has 0 fully saturated rings. The monoisotopic (exact) mass is 470 g/mol. The van der Waals surface area contributed by atoms with Crippen LogP contribution in [0.1, 0.15) is 74.9 Å². The number of aryl methyl sites for hydroxylation is 1. The van der Waals surface area contributed by atoms with Gasteiger partial charge in [0.1, 0.15) is 22.7 Å². The third kappa shape index (κ3) is 8.22. The smallest absolute Gasteiger partial charge is 0.342 e. The van der Waals surface area contributed by atoms with E-state index in [1.807, 2.05) is 25.1 Å². The molecule has 0 saturated heterocycles. The Morgan fingerprint density at radius 3 is 2.52 bits per heavy atom. The van der Waals surface area contributed by atoms with Gasteiger partial charge in [-0.25, -0.2) is 4.79 Å². The van der Waals surface area contributed by atoms with Gasteiger partial charge in [-0.1, -0.05) is 42.9 Å². The molecule has 2 rings (SSSR count). The van der Waals surface area contributed by atoms with Crippen LogP contribution in [0.5, 0.6) is 11.5 Å². The Morgan fingerprint density at radius 1 is 1.18 bits per heavy atom. The number of aromatic hydroxyl groups is 1. The Labute approximate surface area is 201 Å². The van der Waals surface area contributed by atoms with E-state index in [0.29, 0.717) is 23.5 Å². The number of allylic oxidation sites excluding steroid dienone is 4. The number of fused-ring (bicyclic) bond motifs is 1. The Morgan fingerprint density at radius 2 is 1.88 bits per heavy atom. The molecule has 0 amide bonds. The van der Waals surface area contributed by atoms with E-state index in [0.717, 1.165) is 31.7 Å². The molecule has 1 N–H and O–H groups in total. The summed E-state index contributed by atoms with van der Waals surface area (Å²) in [5, 5.41) is 10.8. The van der Waals surface area contributed by atoms with Crippen molar-refractivity contribution in [3.8, 4) is 11.5 Å². The number of hydrogen-bond donors (Lipinski definition) is 1. The van der Waals surface area contributed by atoms with Gasteiger partial charge in [-0.3, -0.25) is 0 Å². The van der Waals surface area contributed by atoms with Crippen LogP contribution in [-0.2, 0) is 4.74 Å². The van der Waals surface area contributed by atoms with Crippen molar-refractivity contribution in [1.29, 1.82) is 0 Å².